The van der Waals surface area contributed by atoms with E-state index in [2.05, 4.69) is 71.4 Å². The van der Waals surface area contributed by atoms with E-state index in [4.69, 9.17) is 4.98 Å². The Morgan fingerprint density at radius 2 is 1.67 bits per heavy atom. The van der Waals surface area contributed by atoms with Crippen LogP contribution in [0.3, 0.4) is 0 Å². The topological polar surface area (TPSA) is 48.5 Å². The number of pyridine rings is 1. The third kappa shape index (κ3) is 5.96. The van der Waals surface area contributed by atoms with Gasteiger partial charge < -0.3 is 10.2 Å². The molecule has 5 heteroatoms. The molecule has 1 aromatic heterocycles. The van der Waals surface area contributed by atoms with Crippen LogP contribution in [0.25, 0.3) is 11.1 Å². The number of piperidine rings is 2. The zero-order chi connectivity index (χ0) is 24.9. The highest BCUT2D eigenvalue weighted by Gasteiger charge is 2.22. The van der Waals surface area contributed by atoms with E-state index in [9.17, 15) is 4.79 Å². The van der Waals surface area contributed by atoms with Crippen LogP contribution in [0, 0.1) is 13.8 Å². The lowest BCUT2D eigenvalue weighted by molar-refractivity contribution is 0.0909. The van der Waals surface area contributed by atoms with Gasteiger partial charge in [0.1, 0.15) is 5.82 Å². The van der Waals surface area contributed by atoms with Crippen LogP contribution >= 0.6 is 0 Å². The first-order chi connectivity index (χ1) is 17.5. The number of nitrogens with zero attached hydrogens (tertiary/aromatic N) is 3. The second kappa shape index (κ2) is 11.3. The Kier molecular flexibility index (Phi) is 7.66. The zero-order valence-electron chi connectivity index (χ0n) is 21.7. The van der Waals surface area contributed by atoms with Crippen molar-refractivity contribution >= 4 is 11.7 Å². The third-order valence-corrected chi connectivity index (χ3v) is 7.68. The molecule has 0 atom stereocenters. The zero-order valence-corrected chi connectivity index (χ0v) is 21.7. The van der Waals surface area contributed by atoms with Crippen molar-refractivity contribution in [3.05, 3.63) is 83.0 Å². The number of amides is 1. The summed E-state index contributed by atoms with van der Waals surface area (Å²) in [6.45, 7) is 9.34. The summed E-state index contributed by atoms with van der Waals surface area (Å²) in [5, 5.41) is 3.29. The van der Waals surface area contributed by atoms with Gasteiger partial charge in [-0.1, -0.05) is 42.0 Å². The molecule has 5 nitrogen and oxygen atoms in total. The van der Waals surface area contributed by atoms with Gasteiger partial charge in [0.15, 0.2) is 0 Å². The molecule has 0 unspecified atom stereocenters. The van der Waals surface area contributed by atoms with E-state index in [-0.39, 0.29) is 11.9 Å². The molecule has 2 saturated heterocycles. The van der Waals surface area contributed by atoms with Crippen molar-refractivity contribution < 1.29 is 4.79 Å². The molecule has 2 aromatic carbocycles. The minimum atomic E-state index is 0.0271. The normalized spacial score (nSPS) is 17.2. The minimum absolute atomic E-state index is 0.0271. The van der Waals surface area contributed by atoms with Crippen LogP contribution in [-0.2, 0) is 6.54 Å². The molecule has 2 fully saturated rings. The Labute approximate surface area is 215 Å². The number of aromatic nitrogens is 1. The smallest absolute Gasteiger partial charge is 0.251 e. The van der Waals surface area contributed by atoms with Crippen LogP contribution in [0.2, 0.25) is 0 Å². The fourth-order valence-electron chi connectivity index (χ4n) is 5.39. The van der Waals surface area contributed by atoms with Crippen LogP contribution in [-0.4, -0.2) is 48.0 Å². The number of nitrogens with one attached hydrogen (secondary N) is 1. The second-order valence-electron chi connectivity index (χ2n) is 10.5. The first-order valence-corrected chi connectivity index (χ1v) is 13.5. The molecule has 2 aliphatic heterocycles. The van der Waals surface area contributed by atoms with Crippen molar-refractivity contribution in [3.63, 3.8) is 0 Å². The van der Waals surface area contributed by atoms with E-state index in [1.807, 2.05) is 18.3 Å². The molecule has 0 aliphatic carbocycles. The number of aryl methyl sites for hydroxylation is 2. The van der Waals surface area contributed by atoms with Crippen LogP contribution < -0.4 is 10.2 Å². The van der Waals surface area contributed by atoms with Crippen LogP contribution in [0.5, 0.6) is 0 Å². The average molecular weight is 483 g/mol. The molecule has 0 spiro atoms. The maximum absolute atomic E-state index is 13.1. The van der Waals surface area contributed by atoms with Crippen molar-refractivity contribution in [2.45, 2.75) is 58.5 Å². The Balaban J connectivity index is 1.13. The van der Waals surface area contributed by atoms with Crippen LogP contribution in [0.4, 0.5) is 5.82 Å². The molecule has 0 saturated carbocycles. The highest BCUT2D eigenvalue weighted by Crippen LogP contribution is 2.25. The quantitative estimate of drug-likeness (QED) is 0.486. The maximum atomic E-state index is 13.1. The number of benzene rings is 2. The molecular formula is C31H38N4O. The molecule has 1 N–H and O–H groups in total. The first kappa shape index (κ1) is 24.5. The SMILES string of the molecule is Cc1ccc(-c2cc(C(=O)NC3CCN(Cc4ccc(N5CCCCC5)nc4)CC3)ccc2C)cc1. The Morgan fingerprint density at radius 1 is 0.917 bits per heavy atom. The monoisotopic (exact) mass is 482 g/mol. The Morgan fingerprint density at radius 3 is 2.36 bits per heavy atom. The maximum Gasteiger partial charge on any atom is 0.251 e. The van der Waals surface area contributed by atoms with Gasteiger partial charge in [0.05, 0.1) is 0 Å². The molecule has 2 aliphatic rings. The van der Waals surface area contributed by atoms with E-state index in [0.717, 1.165) is 68.1 Å². The van der Waals surface area contributed by atoms with E-state index >= 15 is 0 Å². The van der Waals surface area contributed by atoms with Gasteiger partial charge in [-0.15, -0.1) is 0 Å². The average Bonchev–Trinajstić information content (AvgIpc) is 2.91. The molecule has 0 bridgehead atoms. The highest BCUT2D eigenvalue weighted by atomic mass is 16.1. The number of hydrogen-bond donors (Lipinski definition) is 1. The summed E-state index contributed by atoms with van der Waals surface area (Å²) in [4.78, 5) is 22.7. The number of likely N-dealkylation sites (tertiary alicyclic amines) is 1. The summed E-state index contributed by atoms with van der Waals surface area (Å²) in [6.07, 6.45) is 7.87. The molecule has 3 heterocycles. The number of carbonyl (C=O) groups excluding carboxylic acids is 1. The lowest BCUT2D eigenvalue weighted by atomic mass is 9.96. The summed E-state index contributed by atoms with van der Waals surface area (Å²) in [7, 11) is 0. The van der Waals surface area contributed by atoms with Crippen LogP contribution in [0.1, 0.15) is 59.2 Å². The van der Waals surface area contributed by atoms with E-state index in [1.54, 1.807) is 0 Å². The summed E-state index contributed by atoms with van der Waals surface area (Å²) in [5.74, 6) is 1.14. The lowest BCUT2D eigenvalue weighted by Gasteiger charge is -2.32. The summed E-state index contributed by atoms with van der Waals surface area (Å²) in [5.41, 5.74) is 6.70. The summed E-state index contributed by atoms with van der Waals surface area (Å²) < 4.78 is 0. The molecule has 36 heavy (non-hydrogen) atoms. The van der Waals surface area contributed by atoms with E-state index < -0.39 is 0 Å². The van der Waals surface area contributed by atoms with Gasteiger partial charge in [0.25, 0.3) is 5.91 Å². The van der Waals surface area contributed by atoms with Crippen LogP contribution in [0.15, 0.2) is 60.8 Å². The molecular weight excluding hydrogens is 444 g/mol. The highest BCUT2D eigenvalue weighted by molar-refractivity contribution is 5.96. The van der Waals surface area contributed by atoms with E-state index in [1.165, 1.54) is 36.0 Å². The van der Waals surface area contributed by atoms with Gasteiger partial charge in [-0.05, 0) is 86.4 Å². The van der Waals surface area contributed by atoms with Gasteiger partial charge in [-0.3, -0.25) is 9.69 Å². The molecule has 0 radical (unpaired) electrons. The van der Waals surface area contributed by atoms with Crippen molar-refractivity contribution in [2.75, 3.05) is 31.1 Å². The fourth-order valence-corrected chi connectivity index (χ4v) is 5.39. The standard InChI is InChI=1S/C31H38N4O/c1-23-6-10-26(11-7-23)29-20-27(12-8-24(29)2)31(36)33-28-14-18-34(19-15-28)22-25-9-13-30(32-21-25)35-16-4-3-5-17-35/h6-13,20-21,28H,3-5,14-19,22H2,1-2H3,(H,33,36). The molecule has 3 aromatic rings. The second-order valence-corrected chi connectivity index (χ2v) is 10.5. The summed E-state index contributed by atoms with van der Waals surface area (Å²) >= 11 is 0. The molecule has 5 rings (SSSR count). The van der Waals surface area contributed by atoms with Gasteiger partial charge in [-0.25, -0.2) is 4.98 Å². The van der Waals surface area contributed by atoms with E-state index in [0.29, 0.717) is 0 Å². The number of anilines is 1. The number of hydrogen-bond acceptors (Lipinski definition) is 4. The Hall–Kier alpha value is -3.18. The molecule has 1 amide bonds. The first-order valence-electron chi connectivity index (χ1n) is 13.5. The number of rotatable bonds is 6. The van der Waals surface area contributed by atoms with Gasteiger partial charge in [-0.2, -0.15) is 0 Å². The van der Waals surface area contributed by atoms with Gasteiger partial charge in [0.2, 0.25) is 0 Å². The molecule has 188 valence electrons. The van der Waals surface area contributed by atoms with Gasteiger partial charge >= 0.3 is 0 Å². The predicted molar refractivity (Wildman–Crippen MR) is 147 cm³/mol. The van der Waals surface area contributed by atoms with Crippen molar-refractivity contribution in [2.24, 2.45) is 0 Å². The Bertz CT molecular complexity index is 1160. The lowest BCUT2D eigenvalue weighted by Crippen LogP contribution is -2.44. The largest absolute Gasteiger partial charge is 0.357 e. The van der Waals surface area contributed by atoms with Gasteiger partial charge in [0, 0.05) is 50.5 Å². The minimum Gasteiger partial charge on any atom is -0.357 e. The predicted octanol–water partition coefficient (Wildman–Crippen LogP) is 5.75. The fraction of sp³-hybridized carbons (Fsp3) is 0.419. The third-order valence-electron chi connectivity index (χ3n) is 7.68. The van der Waals surface area contributed by atoms with Crippen molar-refractivity contribution in [3.8, 4) is 11.1 Å². The number of carbonyl (C=O) groups is 1. The van der Waals surface area contributed by atoms with Crippen molar-refractivity contribution in [1.29, 1.82) is 0 Å². The van der Waals surface area contributed by atoms with Crippen molar-refractivity contribution in [1.82, 2.24) is 15.2 Å². The summed E-state index contributed by atoms with van der Waals surface area (Å²) in [6, 6.07) is 19.2.